The van der Waals surface area contributed by atoms with E-state index in [0.717, 1.165) is 28.5 Å². The number of nitrogens with two attached hydrogens (primary N) is 2. The van der Waals surface area contributed by atoms with Crippen molar-refractivity contribution in [2.24, 2.45) is 5.73 Å². The molecular weight excluding hydrogens is 449 g/mol. The molecule has 0 spiro atoms. The number of carbonyl (C=O) groups is 1. The molecule has 3 aromatic rings. The van der Waals surface area contributed by atoms with E-state index in [4.69, 9.17) is 11.5 Å². The number of nitrogen functional groups attached to an aromatic ring is 1. The number of benzene rings is 1. The van der Waals surface area contributed by atoms with E-state index in [0.29, 0.717) is 11.9 Å². The standard InChI is InChI=1S/C18H20N2OS.C6H5F3N2/c19-18(21)17-12-14(10-11-20-17)13-6-8-16(9-7-13)22-15-4-2-1-3-5-15;7-6(8,9)4-1-2-5(10)11-3-4/h6-12,15H,1-5H2,(H2,19,21);1-3H,(H2,10,11). The third kappa shape index (κ3) is 7.49. The molecule has 1 aliphatic carbocycles. The first kappa shape index (κ1) is 24.6. The molecule has 1 amide bonds. The van der Waals surface area contributed by atoms with Gasteiger partial charge in [0.25, 0.3) is 5.91 Å². The van der Waals surface area contributed by atoms with Gasteiger partial charge >= 0.3 is 6.18 Å². The minimum absolute atomic E-state index is 0.0815. The number of hydrogen-bond donors (Lipinski definition) is 2. The van der Waals surface area contributed by atoms with Crippen LogP contribution >= 0.6 is 11.8 Å². The summed E-state index contributed by atoms with van der Waals surface area (Å²) in [5.41, 5.74) is 11.9. The predicted octanol–water partition coefficient (Wildman–Crippen LogP) is 5.95. The molecule has 2 aromatic heterocycles. The molecule has 0 aliphatic heterocycles. The smallest absolute Gasteiger partial charge is 0.384 e. The summed E-state index contributed by atoms with van der Waals surface area (Å²) in [5, 5.41) is 0.766. The lowest BCUT2D eigenvalue weighted by atomic mass is 10.0. The summed E-state index contributed by atoms with van der Waals surface area (Å²) in [7, 11) is 0. The lowest BCUT2D eigenvalue weighted by molar-refractivity contribution is -0.137. The Morgan fingerprint density at radius 1 is 0.939 bits per heavy atom. The molecule has 4 rings (SSSR count). The zero-order chi connectivity index (χ0) is 23.8. The first-order valence-corrected chi connectivity index (χ1v) is 11.4. The summed E-state index contributed by atoms with van der Waals surface area (Å²) in [5.74, 6) is -0.413. The third-order valence-electron chi connectivity index (χ3n) is 5.17. The van der Waals surface area contributed by atoms with Crippen LogP contribution in [0.2, 0.25) is 0 Å². The number of carbonyl (C=O) groups excluding carboxylic acids is 1. The normalized spacial score (nSPS) is 14.3. The Morgan fingerprint density at radius 3 is 2.21 bits per heavy atom. The van der Waals surface area contributed by atoms with Crippen LogP contribution in [0.15, 0.2) is 65.8 Å². The highest BCUT2D eigenvalue weighted by Gasteiger charge is 2.30. The fourth-order valence-electron chi connectivity index (χ4n) is 3.42. The second kappa shape index (κ2) is 11.2. The van der Waals surface area contributed by atoms with Gasteiger partial charge in [-0.15, -0.1) is 11.8 Å². The molecule has 0 atom stereocenters. The first-order valence-electron chi connectivity index (χ1n) is 10.5. The number of primary amides is 1. The third-order valence-corrected chi connectivity index (χ3v) is 6.52. The van der Waals surface area contributed by atoms with E-state index < -0.39 is 17.6 Å². The van der Waals surface area contributed by atoms with Gasteiger partial charge in [0.1, 0.15) is 11.5 Å². The largest absolute Gasteiger partial charge is 0.417 e. The molecule has 1 aromatic carbocycles. The average Bonchev–Trinajstić information content (AvgIpc) is 2.80. The lowest BCUT2D eigenvalue weighted by Crippen LogP contribution is -2.12. The number of rotatable bonds is 4. The summed E-state index contributed by atoms with van der Waals surface area (Å²) in [4.78, 5) is 19.8. The molecular formula is C24H25F3N4OS. The summed E-state index contributed by atoms with van der Waals surface area (Å²) >= 11 is 1.99. The molecule has 9 heteroatoms. The Hall–Kier alpha value is -3.07. The summed E-state index contributed by atoms with van der Waals surface area (Å²) in [6, 6.07) is 14.2. The number of hydrogen-bond acceptors (Lipinski definition) is 5. The number of aromatic nitrogens is 2. The van der Waals surface area contributed by atoms with Crippen molar-refractivity contribution in [3.05, 3.63) is 72.2 Å². The molecule has 1 fully saturated rings. The van der Waals surface area contributed by atoms with Crippen LogP contribution in [0.25, 0.3) is 11.1 Å². The quantitative estimate of drug-likeness (QED) is 0.487. The second-order valence-electron chi connectivity index (χ2n) is 7.67. The van der Waals surface area contributed by atoms with Crippen LogP contribution in [0.3, 0.4) is 0 Å². The van der Waals surface area contributed by atoms with E-state index in [1.54, 1.807) is 12.3 Å². The number of alkyl halides is 3. The van der Waals surface area contributed by atoms with Gasteiger partial charge in [-0.05, 0) is 60.4 Å². The van der Waals surface area contributed by atoms with E-state index >= 15 is 0 Å². The zero-order valence-electron chi connectivity index (χ0n) is 17.9. The lowest BCUT2D eigenvalue weighted by Gasteiger charge is -2.20. The van der Waals surface area contributed by atoms with Gasteiger partial charge in [-0.1, -0.05) is 31.4 Å². The van der Waals surface area contributed by atoms with Crippen LogP contribution in [0.1, 0.15) is 48.2 Å². The minimum atomic E-state index is -4.33. The number of thioether (sulfide) groups is 1. The van der Waals surface area contributed by atoms with E-state index in [9.17, 15) is 18.0 Å². The van der Waals surface area contributed by atoms with Crippen molar-refractivity contribution < 1.29 is 18.0 Å². The molecule has 0 saturated heterocycles. The SMILES string of the molecule is NC(=O)c1cc(-c2ccc(SC3CCCCC3)cc2)ccn1.Nc1ccc(C(F)(F)F)cn1. The maximum absolute atomic E-state index is 11.8. The van der Waals surface area contributed by atoms with Crippen molar-refractivity contribution in [3.63, 3.8) is 0 Å². The predicted molar refractivity (Wildman–Crippen MR) is 125 cm³/mol. The van der Waals surface area contributed by atoms with Crippen molar-refractivity contribution >= 4 is 23.5 Å². The van der Waals surface area contributed by atoms with Crippen LogP contribution in [-0.2, 0) is 6.18 Å². The summed E-state index contributed by atoms with van der Waals surface area (Å²) in [6.45, 7) is 0. The minimum Gasteiger partial charge on any atom is -0.384 e. The van der Waals surface area contributed by atoms with Gasteiger partial charge in [0.15, 0.2) is 0 Å². The molecule has 174 valence electrons. The number of amides is 1. The first-order chi connectivity index (χ1) is 15.7. The molecule has 1 saturated carbocycles. The fourth-order valence-corrected chi connectivity index (χ4v) is 4.67. The molecule has 0 radical (unpaired) electrons. The molecule has 33 heavy (non-hydrogen) atoms. The summed E-state index contributed by atoms with van der Waals surface area (Å²) < 4.78 is 35.5. The van der Waals surface area contributed by atoms with E-state index in [2.05, 4.69) is 34.2 Å². The van der Waals surface area contributed by atoms with E-state index in [1.165, 1.54) is 37.0 Å². The maximum atomic E-state index is 11.8. The van der Waals surface area contributed by atoms with Crippen LogP contribution in [0.5, 0.6) is 0 Å². The fraction of sp³-hybridized carbons (Fsp3) is 0.292. The Balaban J connectivity index is 0.000000235. The zero-order valence-corrected chi connectivity index (χ0v) is 18.7. The Labute approximate surface area is 194 Å². The average molecular weight is 475 g/mol. The van der Waals surface area contributed by atoms with E-state index in [1.807, 2.05) is 17.8 Å². The molecule has 4 N–H and O–H groups in total. The Kier molecular flexibility index (Phi) is 8.32. The van der Waals surface area contributed by atoms with Crippen molar-refractivity contribution in [3.8, 4) is 11.1 Å². The highest BCUT2D eigenvalue weighted by atomic mass is 32.2. The highest BCUT2D eigenvalue weighted by molar-refractivity contribution is 8.00. The molecule has 5 nitrogen and oxygen atoms in total. The van der Waals surface area contributed by atoms with Gasteiger partial charge in [-0.25, -0.2) is 4.98 Å². The van der Waals surface area contributed by atoms with Gasteiger partial charge in [0, 0.05) is 22.5 Å². The van der Waals surface area contributed by atoms with Crippen LogP contribution in [-0.4, -0.2) is 21.1 Å². The monoisotopic (exact) mass is 474 g/mol. The van der Waals surface area contributed by atoms with Crippen LogP contribution in [0, 0.1) is 0 Å². The van der Waals surface area contributed by atoms with E-state index in [-0.39, 0.29) is 5.82 Å². The number of pyridine rings is 2. The topological polar surface area (TPSA) is 94.9 Å². The second-order valence-corrected chi connectivity index (χ2v) is 9.04. The molecule has 0 bridgehead atoms. The van der Waals surface area contributed by atoms with Crippen molar-refractivity contribution in [2.75, 3.05) is 5.73 Å². The van der Waals surface area contributed by atoms with Gasteiger partial charge in [0.05, 0.1) is 5.56 Å². The van der Waals surface area contributed by atoms with Gasteiger partial charge < -0.3 is 11.5 Å². The Bertz CT molecular complexity index is 1050. The maximum Gasteiger partial charge on any atom is 0.417 e. The number of anilines is 1. The van der Waals surface area contributed by atoms with Crippen LogP contribution < -0.4 is 11.5 Å². The van der Waals surface area contributed by atoms with Crippen molar-refractivity contribution in [1.82, 2.24) is 9.97 Å². The molecule has 2 heterocycles. The van der Waals surface area contributed by atoms with Gasteiger partial charge in [-0.2, -0.15) is 13.2 Å². The highest BCUT2D eigenvalue weighted by Crippen LogP contribution is 2.34. The van der Waals surface area contributed by atoms with Crippen molar-refractivity contribution in [2.45, 2.75) is 48.4 Å². The van der Waals surface area contributed by atoms with Crippen LogP contribution in [0.4, 0.5) is 19.0 Å². The summed E-state index contributed by atoms with van der Waals surface area (Å²) in [6.07, 6.45) is 4.78. The number of halogens is 3. The van der Waals surface area contributed by atoms with Gasteiger partial charge in [-0.3, -0.25) is 9.78 Å². The number of nitrogens with zero attached hydrogens (tertiary/aromatic N) is 2. The Morgan fingerprint density at radius 2 is 1.64 bits per heavy atom. The van der Waals surface area contributed by atoms with Crippen molar-refractivity contribution in [1.29, 1.82) is 0 Å². The molecule has 1 aliphatic rings. The van der Waals surface area contributed by atoms with Gasteiger partial charge in [0.2, 0.25) is 0 Å². The molecule has 0 unspecified atom stereocenters.